The van der Waals surface area contributed by atoms with Gasteiger partial charge in [-0.25, -0.2) is 4.98 Å². The number of hydrogen-bond donors (Lipinski definition) is 0. The van der Waals surface area contributed by atoms with Gasteiger partial charge in [-0.05, 0) is 52.7 Å². The van der Waals surface area contributed by atoms with Gasteiger partial charge in [0.25, 0.3) is 0 Å². The third kappa shape index (κ3) is 4.41. The van der Waals surface area contributed by atoms with Crippen molar-refractivity contribution in [2.24, 2.45) is 0 Å². The minimum Gasteiger partial charge on any atom is -0.485 e. The Morgan fingerprint density at radius 3 is 2.52 bits per heavy atom. The standard InChI is InChI=1S/C18H13BrF3NOS/c1-11-2-7-14(19)16(8-11)24-9-17-23-15(10-25-17)12-3-5-13(6-4-12)18(20,21)22/h2-8,10H,9H2,1H3. The maximum atomic E-state index is 12.6. The second-order valence-electron chi connectivity index (χ2n) is 5.42. The summed E-state index contributed by atoms with van der Waals surface area (Å²) in [4.78, 5) is 4.44. The second kappa shape index (κ2) is 7.17. The second-order valence-corrected chi connectivity index (χ2v) is 7.22. The first-order valence-corrected chi connectivity index (χ1v) is 9.01. The summed E-state index contributed by atoms with van der Waals surface area (Å²) in [5.74, 6) is 0.728. The van der Waals surface area contributed by atoms with Crippen LogP contribution in [0.15, 0.2) is 52.3 Å². The zero-order chi connectivity index (χ0) is 18.0. The molecule has 0 bridgehead atoms. The van der Waals surface area contributed by atoms with E-state index in [0.29, 0.717) is 17.9 Å². The van der Waals surface area contributed by atoms with Gasteiger partial charge in [0, 0.05) is 10.9 Å². The van der Waals surface area contributed by atoms with Gasteiger partial charge in [0.05, 0.1) is 15.7 Å². The Bertz CT molecular complexity index is 875. The van der Waals surface area contributed by atoms with Crippen molar-refractivity contribution in [3.8, 4) is 17.0 Å². The maximum Gasteiger partial charge on any atom is 0.416 e. The van der Waals surface area contributed by atoms with Crippen molar-refractivity contribution < 1.29 is 17.9 Å². The summed E-state index contributed by atoms with van der Waals surface area (Å²) in [7, 11) is 0. The molecule has 0 aliphatic carbocycles. The molecule has 3 aromatic rings. The predicted octanol–water partition coefficient (Wildman–Crippen LogP) is 6.48. The maximum absolute atomic E-state index is 12.6. The van der Waals surface area contributed by atoms with Gasteiger partial charge >= 0.3 is 6.18 Å². The lowest BCUT2D eigenvalue weighted by Gasteiger charge is -2.07. The smallest absolute Gasteiger partial charge is 0.416 e. The molecule has 0 amide bonds. The molecule has 2 aromatic carbocycles. The highest BCUT2D eigenvalue weighted by Crippen LogP contribution is 2.32. The van der Waals surface area contributed by atoms with E-state index in [0.717, 1.165) is 32.9 Å². The fourth-order valence-corrected chi connectivity index (χ4v) is 3.28. The lowest BCUT2D eigenvalue weighted by Crippen LogP contribution is -2.04. The molecule has 0 fully saturated rings. The molecule has 130 valence electrons. The first kappa shape index (κ1) is 17.9. The van der Waals surface area contributed by atoms with Crippen LogP contribution in [0.5, 0.6) is 5.75 Å². The van der Waals surface area contributed by atoms with Gasteiger partial charge in [-0.1, -0.05) is 18.2 Å². The number of hydrogen-bond acceptors (Lipinski definition) is 3. The zero-order valence-corrected chi connectivity index (χ0v) is 15.5. The third-order valence-electron chi connectivity index (χ3n) is 3.50. The third-order valence-corrected chi connectivity index (χ3v) is 4.98. The molecule has 3 rings (SSSR count). The largest absolute Gasteiger partial charge is 0.485 e. The number of thiazole rings is 1. The number of ether oxygens (including phenoxy) is 1. The molecule has 0 unspecified atom stereocenters. The van der Waals surface area contributed by atoms with Crippen LogP contribution in [-0.4, -0.2) is 4.98 Å². The molecule has 0 radical (unpaired) electrons. The van der Waals surface area contributed by atoms with Crippen LogP contribution < -0.4 is 4.74 Å². The summed E-state index contributed by atoms with van der Waals surface area (Å²) in [6.07, 6.45) is -4.33. The first-order chi connectivity index (χ1) is 11.8. The number of rotatable bonds is 4. The van der Waals surface area contributed by atoms with Crippen LogP contribution in [0.25, 0.3) is 11.3 Å². The summed E-state index contributed by atoms with van der Waals surface area (Å²) in [5, 5.41) is 2.57. The highest BCUT2D eigenvalue weighted by atomic mass is 79.9. The Kier molecular flexibility index (Phi) is 5.15. The molecule has 7 heteroatoms. The van der Waals surface area contributed by atoms with Crippen molar-refractivity contribution >= 4 is 27.3 Å². The Labute approximate surface area is 155 Å². The molecule has 1 aromatic heterocycles. The van der Waals surface area contributed by atoms with E-state index in [-0.39, 0.29) is 0 Å². The van der Waals surface area contributed by atoms with Crippen LogP contribution in [-0.2, 0) is 12.8 Å². The zero-order valence-electron chi connectivity index (χ0n) is 13.1. The van der Waals surface area contributed by atoms with E-state index in [4.69, 9.17) is 4.74 Å². The van der Waals surface area contributed by atoms with Crippen LogP contribution >= 0.6 is 27.3 Å². The molecule has 2 nitrogen and oxygen atoms in total. The minimum absolute atomic E-state index is 0.299. The predicted molar refractivity (Wildman–Crippen MR) is 95.8 cm³/mol. The van der Waals surface area contributed by atoms with Crippen molar-refractivity contribution in [1.82, 2.24) is 4.98 Å². The van der Waals surface area contributed by atoms with Gasteiger partial charge in [-0.2, -0.15) is 13.2 Å². The SMILES string of the molecule is Cc1ccc(Br)c(OCc2nc(-c3ccc(C(F)(F)F)cc3)cs2)c1. The Morgan fingerprint density at radius 2 is 1.84 bits per heavy atom. The van der Waals surface area contributed by atoms with Gasteiger partial charge in [-0.3, -0.25) is 0 Å². The van der Waals surface area contributed by atoms with Gasteiger partial charge in [0.15, 0.2) is 0 Å². The van der Waals surface area contributed by atoms with Crippen molar-refractivity contribution in [3.63, 3.8) is 0 Å². The Morgan fingerprint density at radius 1 is 1.12 bits per heavy atom. The number of halogens is 4. The normalized spacial score (nSPS) is 11.6. The van der Waals surface area contributed by atoms with Crippen molar-refractivity contribution in [1.29, 1.82) is 0 Å². The lowest BCUT2D eigenvalue weighted by molar-refractivity contribution is -0.137. The number of alkyl halides is 3. The van der Waals surface area contributed by atoms with E-state index >= 15 is 0 Å². The van der Waals surface area contributed by atoms with E-state index < -0.39 is 11.7 Å². The van der Waals surface area contributed by atoms with E-state index in [9.17, 15) is 13.2 Å². The van der Waals surface area contributed by atoms with Gasteiger partial charge in [0.1, 0.15) is 17.4 Å². The summed E-state index contributed by atoms with van der Waals surface area (Å²) in [5.41, 5.74) is 1.70. The first-order valence-electron chi connectivity index (χ1n) is 7.34. The summed E-state index contributed by atoms with van der Waals surface area (Å²) < 4.78 is 44.5. The molecule has 0 spiro atoms. The molecule has 0 aliphatic heterocycles. The molecule has 0 saturated heterocycles. The van der Waals surface area contributed by atoms with E-state index in [1.807, 2.05) is 30.5 Å². The van der Waals surface area contributed by atoms with Gasteiger partial charge in [-0.15, -0.1) is 11.3 Å². The average molecular weight is 428 g/mol. The average Bonchev–Trinajstić information content (AvgIpc) is 3.04. The molecule has 25 heavy (non-hydrogen) atoms. The van der Waals surface area contributed by atoms with E-state index in [2.05, 4.69) is 20.9 Å². The number of benzene rings is 2. The van der Waals surface area contributed by atoms with Crippen LogP contribution in [0, 0.1) is 6.92 Å². The Hall–Kier alpha value is -1.86. The minimum atomic E-state index is -4.33. The van der Waals surface area contributed by atoms with E-state index in [1.165, 1.54) is 23.5 Å². The summed E-state index contributed by atoms with van der Waals surface area (Å²) in [6, 6.07) is 10.8. The van der Waals surface area contributed by atoms with Crippen LogP contribution in [0.2, 0.25) is 0 Å². The quantitative estimate of drug-likeness (QED) is 0.475. The number of aryl methyl sites for hydroxylation is 1. The fourth-order valence-electron chi connectivity index (χ4n) is 2.20. The van der Waals surface area contributed by atoms with Gasteiger partial charge in [0.2, 0.25) is 0 Å². The molecular weight excluding hydrogens is 415 g/mol. The van der Waals surface area contributed by atoms with Crippen LogP contribution in [0.3, 0.4) is 0 Å². The molecular formula is C18H13BrF3NOS. The van der Waals surface area contributed by atoms with Crippen molar-refractivity contribution in [2.45, 2.75) is 19.7 Å². The highest BCUT2D eigenvalue weighted by Gasteiger charge is 2.30. The number of aromatic nitrogens is 1. The van der Waals surface area contributed by atoms with Crippen molar-refractivity contribution in [3.05, 3.63) is 68.5 Å². The molecule has 0 saturated carbocycles. The van der Waals surface area contributed by atoms with Crippen molar-refractivity contribution in [2.75, 3.05) is 0 Å². The Balaban J connectivity index is 1.71. The van der Waals surface area contributed by atoms with E-state index in [1.54, 1.807) is 0 Å². The number of nitrogens with zero attached hydrogens (tertiary/aromatic N) is 1. The topological polar surface area (TPSA) is 22.1 Å². The van der Waals surface area contributed by atoms with Gasteiger partial charge < -0.3 is 4.74 Å². The highest BCUT2D eigenvalue weighted by molar-refractivity contribution is 9.10. The fraction of sp³-hybridized carbons (Fsp3) is 0.167. The molecule has 0 aliphatic rings. The molecule has 0 N–H and O–H groups in total. The summed E-state index contributed by atoms with van der Waals surface area (Å²) >= 11 is 4.84. The van der Waals surface area contributed by atoms with Crippen LogP contribution in [0.1, 0.15) is 16.1 Å². The molecule has 0 atom stereocenters. The monoisotopic (exact) mass is 427 g/mol. The molecule has 1 heterocycles. The lowest BCUT2D eigenvalue weighted by atomic mass is 10.1. The van der Waals surface area contributed by atoms with Crippen LogP contribution in [0.4, 0.5) is 13.2 Å². The summed E-state index contributed by atoms with van der Waals surface area (Å²) in [6.45, 7) is 2.28.